The highest BCUT2D eigenvalue weighted by Gasteiger charge is 2.25. The molecule has 0 spiro atoms. The molecule has 1 aliphatic heterocycles. The van der Waals surface area contributed by atoms with Crippen molar-refractivity contribution in [1.82, 2.24) is 19.9 Å². The number of hydrogen-bond donors (Lipinski definition) is 1. The third-order valence-corrected chi connectivity index (χ3v) is 4.38. The molecule has 0 bridgehead atoms. The van der Waals surface area contributed by atoms with Crippen LogP contribution in [-0.4, -0.2) is 49.9 Å². The second kappa shape index (κ2) is 6.96. The fourth-order valence-electron chi connectivity index (χ4n) is 3.09. The number of likely N-dealkylation sites (tertiary alicyclic amines) is 1. The topological polar surface area (TPSA) is 96.3 Å². The van der Waals surface area contributed by atoms with Gasteiger partial charge in [0.15, 0.2) is 0 Å². The molecule has 25 heavy (non-hydrogen) atoms. The van der Waals surface area contributed by atoms with Gasteiger partial charge in [-0.2, -0.15) is 0 Å². The minimum atomic E-state index is -1.02. The van der Waals surface area contributed by atoms with Crippen molar-refractivity contribution in [2.45, 2.75) is 32.6 Å². The molecule has 1 saturated heterocycles. The Balaban J connectivity index is 1.94. The Hall–Kier alpha value is -2.83. The smallest absolute Gasteiger partial charge is 0.337 e. The van der Waals surface area contributed by atoms with E-state index in [0.29, 0.717) is 23.6 Å². The maximum Gasteiger partial charge on any atom is 0.337 e. The second-order valence-corrected chi connectivity index (χ2v) is 6.32. The lowest BCUT2D eigenvalue weighted by Crippen LogP contribution is -2.38. The molecule has 1 aliphatic rings. The first-order valence-electron chi connectivity index (χ1n) is 8.24. The quantitative estimate of drug-likeness (QED) is 0.921. The first-order chi connectivity index (χ1) is 11.9. The number of aryl methyl sites for hydroxylation is 1. The van der Waals surface area contributed by atoms with Crippen LogP contribution in [0.1, 0.15) is 47.6 Å². The van der Waals surface area contributed by atoms with Crippen LogP contribution in [0.5, 0.6) is 0 Å². The first kappa shape index (κ1) is 17.0. The average molecular weight is 340 g/mol. The molecule has 1 N–H and O–H groups in total. The number of carboxylic acids is 1. The van der Waals surface area contributed by atoms with Gasteiger partial charge in [-0.05, 0) is 31.9 Å². The largest absolute Gasteiger partial charge is 0.478 e. The van der Waals surface area contributed by atoms with Gasteiger partial charge >= 0.3 is 5.97 Å². The van der Waals surface area contributed by atoms with Gasteiger partial charge in [0.25, 0.3) is 0 Å². The molecule has 1 amide bonds. The fraction of sp³-hybridized carbons (Fsp3) is 0.389. The number of rotatable bonds is 3. The van der Waals surface area contributed by atoms with E-state index < -0.39 is 5.97 Å². The summed E-state index contributed by atoms with van der Waals surface area (Å²) in [6.45, 7) is 4.85. The van der Waals surface area contributed by atoms with Crippen molar-refractivity contribution in [3.05, 3.63) is 41.6 Å². The molecule has 0 aliphatic carbocycles. The summed E-state index contributed by atoms with van der Waals surface area (Å²) < 4.78 is 0. The van der Waals surface area contributed by atoms with E-state index in [1.807, 2.05) is 17.9 Å². The molecule has 130 valence electrons. The van der Waals surface area contributed by atoms with Crippen molar-refractivity contribution in [1.29, 1.82) is 0 Å². The maximum absolute atomic E-state index is 11.7. The van der Waals surface area contributed by atoms with E-state index in [2.05, 4.69) is 15.0 Å². The molecule has 0 saturated carbocycles. The standard InChI is InChI=1S/C18H20N4O3/c1-11-6-16(14-7-15(18(24)25)9-19-8-14)21-17(20-11)13-4-3-5-22(10-13)12(2)23/h6-9,13H,3-5,10H2,1-2H3,(H,24,25)/t13-/m0/s1. The van der Waals surface area contributed by atoms with Gasteiger partial charge in [-0.3, -0.25) is 9.78 Å². The molecule has 7 nitrogen and oxygen atoms in total. The van der Waals surface area contributed by atoms with Crippen molar-refractivity contribution in [3.63, 3.8) is 0 Å². The summed E-state index contributed by atoms with van der Waals surface area (Å²) in [4.78, 5) is 37.8. The molecule has 2 aromatic rings. The predicted molar refractivity (Wildman–Crippen MR) is 91.2 cm³/mol. The van der Waals surface area contributed by atoms with E-state index in [-0.39, 0.29) is 17.4 Å². The van der Waals surface area contributed by atoms with E-state index in [1.54, 1.807) is 19.2 Å². The van der Waals surface area contributed by atoms with Gasteiger partial charge in [0, 0.05) is 49.6 Å². The van der Waals surface area contributed by atoms with Gasteiger partial charge in [-0.15, -0.1) is 0 Å². The van der Waals surface area contributed by atoms with Crippen LogP contribution < -0.4 is 0 Å². The number of carbonyl (C=O) groups is 2. The van der Waals surface area contributed by atoms with Crippen LogP contribution in [0.15, 0.2) is 24.5 Å². The number of nitrogens with zero attached hydrogens (tertiary/aromatic N) is 4. The molecular formula is C18H20N4O3. The van der Waals surface area contributed by atoms with Gasteiger partial charge in [0.2, 0.25) is 5.91 Å². The number of aromatic nitrogens is 3. The minimum Gasteiger partial charge on any atom is -0.478 e. The molecule has 7 heteroatoms. The van der Waals surface area contributed by atoms with E-state index >= 15 is 0 Å². The number of aromatic carboxylic acids is 1. The third kappa shape index (κ3) is 3.81. The summed E-state index contributed by atoms with van der Waals surface area (Å²) in [5, 5.41) is 9.14. The molecule has 3 rings (SSSR count). The number of hydrogen-bond acceptors (Lipinski definition) is 5. The van der Waals surface area contributed by atoms with Gasteiger partial charge < -0.3 is 10.0 Å². The van der Waals surface area contributed by atoms with Crippen molar-refractivity contribution in [3.8, 4) is 11.3 Å². The Bertz CT molecular complexity index is 822. The lowest BCUT2D eigenvalue weighted by molar-refractivity contribution is -0.130. The highest BCUT2D eigenvalue weighted by Crippen LogP contribution is 2.27. The lowest BCUT2D eigenvalue weighted by atomic mass is 9.96. The van der Waals surface area contributed by atoms with Crippen molar-refractivity contribution in [2.75, 3.05) is 13.1 Å². The summed E-state index contributed by atoms with van der Waals surface area (Å²) in [6.07, 6.45) is 4.76. The number of carboxylic acid groups (broad SMARTS) is 1. The number of pyridine rings is 1. The Morgan fingerprint density at radius 3 is 2.76 bits per heavy atom. The van der Waals surface area contributed by atoms with Crippen LogP contribution in [-0.2, 0) is 4.79 Å². The van der Waals surface area contributed by atoms with E-state index in [1.165, 1.54) is 6.20 Å². The maximum atomic E-state index is 11.7. The molecule has 0 unspecified atom stereocenters. The van der Waals surface area contributed by atoms with Crippen LogP contribution in [0.3, 0.4) is 0 Å². The fourth-order valence-corrected chi connectivity index (χ4v) is 3.09. The lowest BCUT2D eigenvalue weighted by Gasteiger charge is -2.31. The highest BCUT2D eigenvalue weighted by atomic mass is 16.4. The summed E-state index contributed by atoms with van der Waals surface area (Å²) in [7, 11) is 0. The van der Waals surface area contributed by atoms with Gasteiger partial charge in [-0.25, -0.2) is 14.8 Å². The Morgan fingerprint density at radius 2 is 2.04 bits per heavy atom. The van der Waals surface area contributed by atoms with Crippen LogP contribution in [0, 0.1) is 6.92 Å². The van der Waals surface area contributed by atoms with Crippen molar-refractivity contribution >= 4 is 11.9 Å². The van der Waals surface area contributed by atoms with E-state index in [0.717, 1.165) is 25.1 Å². The molecule has 2 aromatic heterocycles. The zero-order valence-electron chi connectivity index (χ0n) is 14.3. The normalized spacial score (nSPS) is 17.4. The SMILES string of the molecule is CC(=O)N1CCC[C@H](c2nc(C)cc(-c3cncc(C(=O)O)c3)n2)C1. The second-order valence-electron chi connectivity index (χ2n) is 6.32. The number of amides is 1. The molecule has 0 radical (unpaired) electrons. The van der Waals surface area contributed by atoms with Crippen LogP contribution in [0.25, 0.3) is 11.3 Å². The predicted octanol–water partition coefficient (Wildman–Crippen LogP) is 2.27. The number of carbonyl (C=O) groups excluding carboxylic acids is 1. The van der Waals surface area contributed by atoms with Gasteiger partial charge in [0.1, 0.15) is 5.82 Å². The molecular weight excluding hydrogens is 320 g/mol. The van der Waals surface area contributed by atoms with Crippen molar-refractivity contribution < 1.29 is 14.7 Å². The summed E-state index contributed by atoms with van der Waals surface area (Å²) in [5.41, 5.74) is 2.22. The third-order valence-electron chi connectivity index (χ3n) is 4.38. The Labute approximate surface area is 145 Å². The zero-order chi connectivity index (χ0) is 18.0. The van der Waals surface area contributed by atoms with Gasteiger partial charge in [-0.1, -0.05) is 0 Å². The Kier molecular flexibility index (Phi) is 4.74. The minimum absolute atomic E-state index is 0.0657. The first-order valence-corrected chi connectivity index (χ1v) is 8.24. The monoisotopic (exact) mass is 340 g/mol. The highest BCUT2D eigenvalue weighted by molar-refractivity contribution is 5.88. The van der Waals surface area contributed by atoms with Gasteiger partial charge in [0.05, 0.1) is 11.3 Å². The van der Waals surface area contributed by atoms with Crippen molar-refractivity contribution in [2.24, 2.45) is 0 Å². The Morgan fingerprint density at radius 1 is 1.24 bits per heavy atom. The average Bonchev–Trinajstić information content (AvgIpc) is 2.61. The van der Waals surface area contributed by atoms with E-state index in [9.17, 15) is 9.59 Å². The summed E-state index contributed by atoms with van der Waals surface area (Å²) in [6, 6.07) is 3.38. The molecule has 1 fully saturated rings. The summed E-state index contributed by atoms with van der Waals surface area (Å²) >= 11 is 0. The van der Waals surface area contributed by atoms with Crippen LogP contribution >= 0.6 is 0 Å². The molecule has 3 heterocycles. The van der Waals surface area contributed by atoms with Crippen LogP contribution in [0.2, 0.25) is 0 Å². The summed E-state index contributed by atoms with van der Waals surface area (Å²) in [5.74, 6) is -0.172. The molecule has 1 atom stereocenters. The number of piperidine rings is 1. The molecule has 0 aromatic carbocycles. The van der Waals surface area contributed by atoms with E-state index in [4.69, 9.17) is 5.11 Å². The zero-order valence-corrected chi connectivity index (χ0v) is 14.3. The van der Waals surface area contributed by atoms with Crippen LogP contribution in [0.4, 0.5) is 0 Å².